The van der Waals surface area contributed by atoms with Gasteiger partial charge in [-0.25, -0.2) is 4.98 Å². The molecular weight excluding hydrogens is 416 g/mol. The van der Waals surface area contributed by atoms with Crippen molar-refractivity contribution in [1.82, 2.24) is 19.8 Å². The molecule has 5 rings (SSSR count). The van der Waals surface area contributed by atoms with Crippen LogP contribution in [-0.4, -0.2) is 77.6 Å². The Labute approximate surface area is 183 Å². The summed E-state index contributed by atoms with van der Waals surface area (Å²) in [6, 6.07) is 9.13. The number of amides is 2. The van der Waals surface area contributed by atoms with Gasteiger partial charge >= 0.3 is 0 Å². The third-order valence-corrected chi connectivity index (χ3v) is 6.67. The highest BCUT2D eigenvalue weighted by Crippen LogP contribution is 2.38. The number of carbonyl (C=O) groups excluding carboxylic acids is 2. The van der Waals surface area contributed by atoms with Gasteiger partial charge in [-0.05, 0) is 18.2 Å². The maximum absolute atomic E-state index is 13.4. The first-order chi connectivity index (χ1) is 15.2. The molecule has 2 aliphatic rings. The van der Waals surface area contributed by atoms with Crippen LogP contribution in [0.4, 0.5) is 0 Å². The standard InChI is InChI=1S/C22H22N4O4S/c27-21(16-5-1-2-6-23-16)26-10-13-30-17(14-26)18-15-4-3-7-24-20(15)31-19(18)22(28)25-8-11-29-12-9-25/h1-7,17H,8-14H2. The van der Waals surface area contributed by atoms with Gasteiger partial charge in [-0.3, -0.25) is 14.6 Å². The van der Waals surface area contributed by atoms with Crippen molar-refractivity contribution in [3.63, 3.8) is 0 Å². The van der Waals surface area contributed by atoms with Crippen molar-refractivity contribution in [1.29, 1.82) is 0 Å². The topological polar surface area (TPSA) is 84.9 Å². The van der Waals surface area contributed by atoms with E-state index in [9.17, 15) is 9.59 Å². The Bertz CT molecular complexity index is 1100. The highest BCUT2D eigenvalue weighted by molar-refractivity contribution is 7.20. The SMILES string of the molecule is O=C(c1ccccn1)N1CCOC(c2c(C(=O)N3CCOCC3)sc3ncccc23)C1. The molecule has 3 aromatic rings. The van der Waals surface area contributed by atoms with Crippen LogP contribution < -0.4 is 0 Å². The molecule has 0 N–H and O–H groups in total. The fourth-order valence-electron chi connectivity index (χ4n) is 4.00. The van der Waals surface area contributed by atoms with Crippen LogP contribution >= 0.6 is 11.3 Å². The third kappa shape index (κ3) is 3.91. The molecule has 2 saturated heterocycles. The molecule has 0 aliphatic carbocycles. The van der Waals surface area contributed by atoms with Gasteiger partial charge in [0.25, 0.3) is 11.8 Å². The van der Waals surface area contributed by atoms with Crippen molar-refractivity contribution in [3.8, 4) is 0 Å². The highest BCUT2D eigenvalue weighted by Gasteiger charge is 2.34. The van der Waals surface area contributed by atoms with Gasteiger partial charge in [0, 0.05) is 43.0 Å². The summed E-state index contributed by atoms with van der Waals surface area (Å²) in [4.78, 5) is 40.0. The molecule has 0 aromatic carbocycles. The summed E-state index contributed by atoms with van der Waals surface area (Å²) < 4.78 is 11.5. The zero-order chi connectivity index (χ0) is 21.2. The summed E-state index contributed by atoms with van der Waals surface area (Å²) in [6.07, 6.45) is 2.94. The highest BCUT2D eigenvalue weighted by atomic mass is 32.1. The fraction of sp³-hybridized carbons (Fsp3) is 0.364. The molecule has 9 heteroatoms. The second-order valence-corrected chi connectivity index (χ2v) is 8.43. The maximum atomic E-state index is 13.4. The molecule has 2 aliphatic heterocycles. The largest absolute Gasteiger partial charge is 0.378 e. The second kappa shape index (κ2) is 8.70. The average Bonchev–Trinajstić information content (AvgIpc) is 3.24. The Hall–Kier alpha value is -2.88. The number of carbonyl (C=O) groups is 2. The molecule has 5 heterocycles. The van der Waals surface area contributed by atoms with Crippen molar-refractivity contribution in [2.75, 3.05) is 46.0 Å². The van der Waals surface area contributed by atoms with E-state index >= 15 is 0 Å². The number of aromatic nitrogens is 2. The van der Waals surface area contributed by atoms with Gasteiger partial charge in [0.1, 0.15) is 21.5 Å². The molecule has 160 valence electrons. The lowest BCUT2D eigenvalue weighted by molar-refractivity contribution is -0.0227. The summed E-state index contributed by atoms with van der Waals surface area (Å²) in [5, 5.41) is 0.904. The molecule has 2 fully saturated rings. The predicted molar refractivity (Wildman–Crippen MR) is 115 cm³/mol. The van der Waals surface area contributed by atoms with E-state index in [1.54, 1.807) is 35.5 Å². The summed E-state index contributed by atoms with van der Waals surface area (Å²) in [7, 11) is 0. The molecule has 0 saturated carbocycles. The first kappa shape index (κ1) is 20.0. The van der Waals surface area contributed by atoms with E-state index in [1.807, 2.05) is 17.0 Å². The van der Waals surface area contributed by atoms with Gasteiger partial charge in [0.15, 0.2) is 0 Å². The second-order valence-electron chi connectivity index (χ2n) is 7.43. The van der Waals surface area contributed by atoms with E-state index in [1.165, 1.54) is 11.3 Å². The van der Waals surface area contributed by atoms with Crippen LogP contribution in [0.1, 0.15) is 31.8 Å². The van der Waals surface area contributed by atoms with Crippen molar-refractivity contribution in [2.45, 2.75) is 6.10 Å². The van der Waals surface area contributed by atoms with Crippen LogP contribution in [0.5, 0.6) is 0 Å². The first-order valence-electron chi connectivity index (χ1n) is 10.3. The van der Waals surface area contributed by atoms with E-state index in [4.69, 9.17) is 9.47 Å². The van der Waals surface area contributed by atoms with Crippen LogP contribution in [0.3, 0.4) is 0 Å². The van der Waals surface area contributed by atoms with E-state index in [0.717, 1.165) is 15.8 Å². The number of thiophene rings is 1. The first-order valence-corrected chi connectivity index (χ1v) is 11.1. The maximum Gasteiger partial charge on any atom is 0.272 e. The van der Waals surface area contributed by atoms with Crippen LogP contribution in [0.25, 0.3) is 10.2 Å². The average molecular weight is 439 g/mol. The van der Waals surface area contributed by atoms with Gasteiger partial charge < -0.3 is 19.3 Å². The summed E-state index contributed by atoms with van der Waals surface area (Å²) in [6.45, 7) is 3.45. The molecular formula is C22H22N4O4S. The lowest BCUT2D eigenvalue weighted by atomic mass is 10.0. The van der Waals surface area contributed by atoms with Crippen LogP contribution in [0.15, 0.2) is 42.7 Å². The van der Waals surface area contributed by atoms with Gasteiger partial charge in [0.2, 0.25) is 0 Å². The Kier molecular flexibility index (Phi) is 5.63. The Balaban J connectivity index is 1.48. The number of nitrogens with zero attached hydrogens (tertiary/aromatic N) is 4. The molecule has 1 unspecified atom stereocenters. The number of ether oxygens (including phenoxy) is 2. The zero-order valence-corrected chi connectivity index (χ0v) is 17.7. The van der Waals surface area contributed by atoms with Crippen LogP contribution in [-0.2, 0) is 9.47 Å². The van der Waals surface area contributed by atoms with E-state index < -0.39 is 6.10 Å². The summed E-state index contributed by atoms with van der Waals surface area (Å²) >= 11 is 1.39. The normalized spacial score (nSPS) is 19.5. The van der Waals surface area contributed by atoms with Crippen LogP contribution in [0, 0.1) is 0 Å². The minimum absolute atomic E-state index is 0.0296. The predicted octanol–water partition coefficient (Wildman–Crippen LogP) is 2.38. The number of hydrogen-bond acceptors (Lipinski definition) is 7. The van der Waals surface area contributed by atoms with Gasteiger partial charge in [-0.2, -0.15) is 0 Å². The molecule has 8 nitrogen and oxygen atoms in total. The van der Waals surface area contributed by atoms with Crippen molar-refractivity contribution < 1.29 is 19.1 Å². The summed E-state index contributed by atoms with van der Waals surface area (Å²) in [5.74, 6) is -0.161. The Morgan fingerprint density at radius 3 is 2.55 bits per heavy atom. The zero-order valence-electron chi connectivity index (χ0n) is 16.9. The van der Waals surface area contributed by atoms with E-state index in [-0.39, 0.29) is 11.8 Å². The molecule has 1 atom stereocenters. The number of rotatable bonds is 3. The molecule has 3 aromatic heterocycles. The summed E-state index contributed by atoms with van der Waals surface area (Å²) in [5.41, 5.74) is 1.23. The molecule has 0 bridgehead atoms. The minimum atomic E-state index is -0.403. The molecule has 0 radical (unpaired) electrons. The van der Waals surface area contributed by atoms with Crippen LogP contribution in [0.2, 0.25) is 0 Å². The Morgan fingerprint density at radius 1 is 0.935 bits per heavy atom. The number of hydrogen-bond donors (Lipinski definition) is 0. The van der Waals surface area contributed by atoms with Crippen molar-refractivity contribution >= 4 is 33.4 Å². The monoisotopic (exact) mass is 438 g/mol. The number of morpholine rings is 2. The Morgan fingerprint density at radius 2 is 1.74 bits per heavy atom. The lowest BCUT2D eigenvalue weighted by Crippen LogP contribution is -2.43. The molecule has 31 heavy (non-hydrogen) atoms. The van der Waals surface area contributed by atoms with Gasteiger partial charge in [-0.1, -0.05) is 12.1 Å². The van der Waals surface area contributed by atoms with Crippen molar-refractivity contribution in [2.24, 2.45) is 0 Å². The number of fused-ring (bicyclic) bond motifs is 1. The minimum Gasteiger partial charge on any atom is -0.378 e. The molecule has 0 spiro atoms. The van der Waals surface area contributed by atoms with E-state index in [2.05, 4.69) is 9.97 Å². The quantitative estimate of drug-likeness (QED) is 0.624. The van der Waals surface area contributed by atoms with E-state index in [0.29, 0.717) is 56.6 Å². The fourth-order valence-corrected chi connectivity index (χ4v) is 5.16. The molecule has 2 amide bonds. The lowest BCUT2D eigenvalue weighted by Gasteiger charge is -2.34. The van der Waals surface area contributed by atoms with Gasteiger partial charge in [0.05, 0.1) is 26.4 Å². The third-order valence-electron chi connectivity index (χ3n) is 5.56. The van der Waals surface area contributed by atoms with Gasteiger partial charge in [-0.15, -0.1) is 11.3 Å². The van der Waals surface area contributed by atoms with Crippen molar-refractivity contribution in [3.05, 3.63) is 58.9 Å². The number of pyridine rings is 2. The smallest absolute Gasteiger partial charge is 0.272 e.